The normalized spacial score (nSPS) is 22.6. The van der Waals surface area contributed by atoms with E-state index in [-0.39, 0.29) is 5.60 Å². The molecule has 0 radical (unpaired) electrons. The van der Waals surface area contributed by atoms with Crippen molar-refractivity contribution in [1.29, 1.82) is 0 Å². The monoisotopic (exact) mass is 297 g/mol. The summed E-state index contributed by atoms with van der Waals surface area (Å²) in [6.07, 6.45) is 2.31. The molecule has 2 aromatic rings. The number of ether oxygens (including phenoxy) is 2. The summed E-state index contributed by atoms with van der Waals surface area (Å²) in [5.74, 6) is 1.25. The Kier molecular flexibility index (Phi) is 3.49. The van der Waals surface area contributed by atoms with Crippen LogP contribution in [0.15, 0.2) is 6.33 Å². The molecular weight excluding hydrogens is 282 g/mol. The van der Waals surface area contributed by atoms with Gasteiger partial charge >= 0.3 is 0 Å². The molecule has 0 bridgehead atoms. The van der Waals surface area contributed by atoms with E-state index in [4.69, 9.17) is 21.1 Å². The first-order chi connectivity index (χ1) is 9.65. The third-order valence-corrected chi connectivity index (χ3v) is 4.05. The molecule has 0 saturated carbocycles. The molecule has 1 atom stereocenters. The number of anilines is 1. The number of methoxy groups -OCH3 is 1. The first-order valence-electron chi connectivity index (χ1n) is 6.38. The maximum atomic E-state index is 6.13. The van der Waals surface area contributed by atoms with Crippen LogP contribution in [0, 0.1) is 6.92 Å². The van der Waals surface area contributed by atoms with Gasteiger partial charge in [0.2, 0.25) is 0 Å². The summed E-state index contributed by atoms with van der Waals surface area (Å²) in [6.45, 7) is 3.79. The summed E-state index contributed by atoms with van der Waals surface area (Å²) in [5.41, 5.74) is 0.518. The van der Waals surface area contributed by atoms with Gasteiger partial charge in [-0.1, -0.05) is 11.6 Å². The minimum Gasteiger partial charge on any atom is -0.378 e. The van der Waals surface area contributed by atoms with E-state index in [9.17, 15) is 0 Å². The molecule has 1 aliphatic rings. The maximum Gasteiger partial charge on any atom is 0.255 e. The Morgan fingerprint density at radius 1 is 1.60 bits per heavy atom. The van der Waals surface area contributed by atoms with Crippen molar-refractivity contribution < 1.29 is 9.47 Å². The lowest BCUT2D eigenvalue weighted by atomic mass is 10.0. The van der Waals surface area contributed by atoms with Gasteiger partial charge in [0.25, 0.3) is 5.78 Å². The quantitative estimate of drug-likeness (QED) is 0.858. The molecule has 1 unspecified atom stereocenters. The molecule has 20 heavy (non-hydrogen) atoms. The number of halogens is 1. The van der Waals surface area contributed by atoms with E-state index >= 15 is 0 Å². The SMILES string of the molecule is COC1(CNc2c(C)c(Cl)nc3ncnn23)CCOC1. The third kappa shape index (κ3) is 2.21. The van der Waals surface area contributed by atoms with Gasteiger partial charge < -0.3 is 14.8 Å². The smallest absolute Gasteiger partial charge is 0.255 e. The second kappa shape index (κ2) is 5.16. The molecule has 3 heterocycles. The second-order valence-electron chi connectivity index (χ2n) is 4.89. The van der Waals surface area contributed by atoms with Crippen LogP contribution in [0.1, 0.15) is 12.0 Å². The molecule has 1 fully saturated rings. The number of fused-ring (bicyclic) bond motifs is 1. The van der Waals surface area contributed by atoms with Gasteiger partial charge in [0.05, 0.1) is 6.61 Å². The van der Waals surface area contributed by atoms with Crippen molar-refractivity contribution in [3.63, 3.8) is 0 Å². The van der Waals surface area contributed by atoms with Crippen LogP contribution in [0.3, 0.4) is 0 Å². The molecular formula is C12H16ClN5O2. The Morgan fingerprint density at radius 2 is 2.45 bits per heavy atom. The number of rotatable bonds is 4. The van der Waals surface area contributed by atoms with Gasteiger partial charge in [-0.05, 0) is 6.92 Å². The highest BCUT2D eigenvalue weighted by Gasteiger charge is 2.35. The van der Waals surface area contributed by atoms with Crippen molar-refractivity contribution in [1.82, 2.24) is 19.6 Å². The standard InChI is InChI=1S/C12H16ClN5O2/c1-8-9(13)17-11-15-7-16-18(11)10(8)14-5-12(19-2)3-4-20-6-12/h7,14H,3-6H2,1-2H3. The van der Waals surface area contributed by atoms with E-state index in [0.717, 1.165) is 17.8 Å². The van der Waals surface area contributed by atoms with E-state index < -0.39 is 0 Å². The molecule has 108 valence electrons. The van der Waals surface area contributed by atoms with Gasteiger partial charge in [0, 0.05) is 32.2 Å². The Labute approximate surface area is 121 Å². The average Bonchev–Trinajstić information content (AvgIpc) is 3.09. The van der Waals surface area contributed by atoms with Crippen LogP contribution < -0.4 is 5.32 Å². The zero-order valence-corrected chi connectivity index (χ0v) is 12.1. The summed E-state index contributed by atoms with van der Waals surface area (Å²) in [5, 5.41) is 7.93. The molecule has 2 aromatic heterocycles. The lowest BCUT2D eigenvalue weighted by Crippen LogP contribution is -2.40. The minimum atomic E-state index is -0.310. The molecule has 7 nitrogen and oxygen atoms in total. The summed E-state index contributed by atoms with van der Waals surface area (Å²) < 4.78 is 12.7. The molecule has 0 aromatic carbocycles. The maximum absolute atomic E-state index is 6.13. The lowest BCUT2D eigenvalue weighted by molar-refractivity contribution is -0.00628. The first-order valence-corrected chi connectivity index (χ1v) is 6.76. The highest BCUT2D eigenvalue weighted by Crippen LogP contribution is 2.26. The summed E-state index contributed by atoms with van der Waals surface area (Å²) in [4.78, 5) is 8.23. The zero-order valence-electron chi connectivity index (χ0n) is 11.4. The molecule has 3 rings (SSSR count). The fourth-order valence-corrected chi connectivity index (χ4v) is 2.48. The molecule has 1 saturated heterocycles. The Hall–Kier alpha value is -1.44. The fraction of sp³-hybridized carbons (Fsp3) is 0.583. The van der Waals surface area contributed by atoms with Crippen LogP contribution in [0.5, 0.6) is 0 Å². The van der Waals surface area contributed by atoms with Gasteiger partial charge in [0.15, 0.2) is 0 Å². The highest BCUT2D eigenvalue weighted by molar-refractivity contribution is 6.30. The van der Waals surface area contributed by atoms with Crippen molar-refractivity contribution in [2.24, 2.45) is 0 Å². The van der Waals surface area contributed by atoms with Crippen LogP contribution in [-0.2, 0) is 9.47 Å². The lowest BCUT2D eigenvalue weighted by Gasteiger charge is -2.26. The Morgan fingerprint density at radius 3 is 3.15 bits per heavy atom. The molecule has 0 spiro atoms. The van der Waals surface area contributed by atoms with Crippen molar-refractivity contribution in [2.75, 3.05) is 32.2 Å². The molecule has 0 amide bonds. The average molecular weight is 298 g/mol. The van der Waals surface area contributed by atoms with Crippen molar-refractivity contribution in [3.8, 4) is 0 Å². The van der Waals surface area contributed by atoms with E-state index in [2.05, 4.69) is 20.4 Å². The third-order valence-electron chi connectivity index (χ3n) is 3.68. The molecule has 1 aliphatic heterocycles. The molecule has 8 heteroatoms. The van der Waals surface area contributed by atoms with Gasteiger partial charge in [-0.2, -0.15) is 19.6 Å². The topological polar surface area (TPSA) is 73.6 Å². The summed E-state index contributed by atoms with van der Waals surface area (Å²) in [7, 11) is 1.70. The van der Waals surface area contributed by atoms with E-state index in [0.29, 0.717) is 30.7 Å². The molecule has 1 N–H and O–H groups in total. The van der Waals surface area contributed by atoms with E-state index in [1.54, 1.807) is 11.6 Å². The van der Waals surface area contributed by atoms with Gasteiger partial charge in [-0.25, -0.2) is 0 Å². The second-order valence-corrected chi connectivity index (χ2v) is 5.25. The Bertz CT molecular complexity index is 624. The van der Waals surface area contributed by atoms with Crippen LogP contribution in [0.4, 0.5) is 5.82 Å². The zero-order chi connectivity index (χ0) is 14.2. The number of nitrogens with zero attached hydrogens (tertiary/aromatic N) is 4. The molecule has 0 aliphatic carbocycles. The van der Waals surface area contributed by atoms with Crippen molar-refractivity contribution >= 4 is 23.2 Å². The predicted octanol–water partition coefficient (Wildman–Crippen LogP) is 1.30. The number of hydrogen-bond acceptors (Lipinski definition) is 6. The van der Waals surface area contributed by atoms with Gasteiger partial charge in [-0.15, -0.1) is 0 Å². The van der Waals surface area contributed by atoms with Crippen LogP contribution in [0.25, 0.3) is 5.78 Å². The highest BCUT2D eigenvalue weighted by atomic mass is 35.5. The first kappa shape index (κ1) is 13.5. The predicted molar refractivity (Wildman–Crippen MR) is 74.2 cm³/mol. The van der Waals surface area contributed by atoms with Crippen LogP contribution in [0.2, 0.25) is 5.15 Å². The van der Waals surface area contributed by atoms with Crippen LogP contribution >= 0.6 is 11.6 Å². The fourth-order valence-electron chi connectivity index (χ4n) is 2.31. The number of nitrogens with one attached hydrogen (secondary N) is 1. The number of hydrogen-bond donors (Lipinski definition) is 1. The van der Waals surface area contributed by atoms with E-state index in [1.807, 2.05) is 6.92 Å². The van der Waals surface area contributed by atoms with Crippen molar-refractivity contribution in [3.05, 3.63) is 17.0 Å². The van der Waals surface area contributed by atoms with Crippen molar-refractivity contribution in [2.45, 2.75) is 18.9 Å². The van der Waals surface area contributed by atoms with Gasteiger partial charge in [0.1, 0.15) is 22.9 Å². The van der Waals surface area contributed by atoms with E-state index in [1.165, 1.54) is 6.33 Å². The summed E-state index contributed by atoms with van der Waals surface area (Å²) in [6, 6.07) is 0. The largest absolute Gasteiger partial charge is 0.378 e. The van der Waals surface area contributed by atoms with Gasteiger partial charge in [-0.3, -0.25) is 0 Å². The number of aromatic nitrogens is 4. The van der Waals surface area contributed by atoms with Crippen LogP contribution in [-0.4, -0.2) is 52.1 Å². The minimum absolute atomic E-state index is 0.310. The summed E-state index contributed by atoms with van der Waals surface area (Å²) >= 11 is 6.13. The Balaban J connectivity index is 1.90.